The molecule has 0 atom stereocenters. The number of pyridine rings is 1. The molecule has 0 bridgehead atoms. The minimum Gasteiger partial charge on any atom is -0.495 e. The van der Waals surface area contributed by atoms with Crippen LogP contribution in [-0.2, 0) is 4.79 Å². The van der Waals surface area contributed by atoms with E-state index in [-0.39, 0.29) is 17.5 Å². The van der Waals surface area contributed by atoms with E-state index in [4.69, 9.17) is 33.3 Å². The zero-order valence-corrected chi connectivity index (χ0v) is 19.3. The van der Waals surface area contributed by atoms with Crippen LogP contribution in [0.2, 0.25) is 5.02 Å². The number of ether oxygens (including phenoxy) is 2. The second-order valence-corrected chi connectivity index (χ2v) is 8.70. The van der Waals surface area contributed by atoms with Gasteiger partial charge in [-0.1, -0.05) is 47.7 Å². The number of nitrogens with zero attached hydrogens (tertiary/aromatic N) is 3. The van der Waals surface area contributed by atoms with Gasteiger partial charge in [0.2, 0.25) is 5.88 Å². The van der Waals surface area contributed by atoms with E-state index < -0.39 is 4.92 Å². The molecule has 1 aromatic heterocycles. The SMILES string of the molecule is COc1ccc(N2C(=O)/C(=C/c3ccc(Oc4ccc([N+](=O)[O-])cn4)cc3)SC2=S)cc1Cl. The third-order valence-corrected chi connectivity index (χ3v) is 6.12. The molecule has 8 nitrogen and oxygen atoms in total. The van der Waals surface area contributed by atoms with Crippen molar-refractivity contribution in [2.45, 2.75) is 0 Å². The quantitative estimate of drug-likeness (QED) is 0.180. The summed E-state index contributed by atoms with van der Waals surface area (Å²) in [5.74, 6) is 0.982. The van der Waals surface area contributed by atoms with E-state index in [0.717, 1.165) is 11.8 Å². The standard InChI is InChI=1S/C22H14ClN3O5S2/c1-30-18-8-4-14(11-17(18)23)25-21(27)19(33-22(25)32)10-13-2-6-16(7-3-13)31-20-9-5-15(12-24-20)26(28)29/h2-12H,1H3/b19-10-. The Balaban J connectivity index is 1.48. The number of nitro groups is 1. The zero-order chi connectivity index (χ0) is 23.5. The molecule has 1 saturated heterocycles. The molecule has 0 spiro atoms. The molecule has 2 aromatic carbocycles. The highest BCUT2D eigenvalue weighted by atomic mass is 35.5. The third-order valence-electron chi connectivity index (χ3n) is 4.52. The van der Waals surface area contributed by atoms with E-state index in [1.807, 2.05) is 0 Å². The van der Waals surface area contributed by atoms with Crippen molar-refractivity contribution < 1.29 is 19.2 Å². The Bertz CT molecular complexity index is 1280. The first-order valence-corrected chi connectivity index (χ1v) is 11.0. The predicted molar refractivity (Wildman–Crippen MR) is 131 cm³/mol. The first kappa shape index (κ1) is 22.7. The number of carbonyl (C=O) groups is 1. The van der Waals surface area contributed by atoms with Crippen molar-refractivity contribution >= 4 is 63.3 Å². The third kappa shape index (κ3) is 4.98. The number of methoxy groups -OCH3 is 1. The number of rotatable bonds is 6. The highest BCUT2D eigenvalue weighted by Crippen LogP contribution is 2.38. The maximum Gasteiger partial charge on any atom is 0.287 e. The molecular weight excluding hydrogens is 486 g/mol. The van der Waals surface area contributed by atoms with Crippen molar-refractivity contribution in [3.8, 4) is 17.4 Å². The van der Waals surface area contributed by atoms with Crippen LogP contribution in [-0.4, -0.2) is 27.2 Å². The first-order valence-electron chi connectivity index (χ1n) is 9.35. The number of hydrogen-bond donors (Lipinski definition) is 0. The van der Waals surface area contributed by atoms with Gasteiger partial charge in [-0.05, 0) is 42.0 Å². The average Bonchev–Trinajstić information content (AvgIpc) is 3.08. The monoisotopic (exact) mass is 499 g/mol. The highest BCUT2D eigenvalue weighted by molar-refractivity contribution is 8.27. The summed E-state index contributed by atoms with van der Waals surface area (Å²) < 4.78 is 11.2. The second kappa shape index (κ2) is 9.57. The van der Waals surface area contributed by atoms with E-state index in [2.05, 4.69) is 4.98 Å². The Hall–Kier alpha value is -3.47. The molecule has 33 heavy (non-hydrogen) atoms. The lowest BCUT2D eigenvalue weighted by molar-refractivity contribution is -0.385. The molecule has 1 fully saturated rings. The topological polar surface area (TPSA) is 94.8 Å². The number of benzene rings is 2. The Morgan fingerprint density at radius 3 is 2.55 bits per heavy atom. The van der Waals surface area contributed by atoms with Crippen molar-refractivity contribution in [3.05, 3.63) is 86.4 Å². The Morgan fingerprint density at radius 1 is 1.18 bits per heavy atom. The number of anilines is 1. The van der Waals surface area contributed by atoms with Crippen molar-refractivity contribution in [3.63, 3.8) is 0 Å². The number of carbonyl (C=O) groups excluding carboxylic acids is 1. The number of thiocarbonyl (C=S) groups is 1. The minimum atomic E-state index is -0.530. The average molecular weight is 500 g/mol. The van der Waals surface area contributed by atoms with Crippen molar-refractivity contribution in [1.29, 1.82) is 0 Å². The molecule has 0 saturated carbocycles. The molecule has 3 aromatic rings. The molecule has 1 aliphatic heterocycles. The first-order chi connectivity index (χ1) is 15.9. The van der Waals surface area contributed by atoms with Gasteiger partial charge in [0.05, 0.1) is 27.6 Å². The van der Waals surface area contributed by atoms with Gasteiger partial charge in [0, 0.05) is 12.1 Å². The van der Waals surface area contributed by atoms with Crippen molar-refractivity contribution in [1.82, 2.24) is 4.98 Å². The molecular formula is C22H14ClN3O5S2. The number of halogens is 1. The van der Waals surface area contributed by atoms with Gasteiger partial charge < -0.3 is 9.47 Å². The Morgan fingerprint density at radius 2 is 1.94 bits per heavy atom. The van der Waals surface area contributed by atoms with Gasteiger partial charge >= 0.3 is 0 Å². The minimum absolute atomic E-state index is 0.119. The molecule has 11 heteroatoms. The summed E-state index contributed by atoms with van der Waals surface area (Å²) in [5.41, 5.74) is 1.21. The van der Waals surface area contributed by atoms with Crippen LogP contribution >= 0.6 is 35.6 Å². The summed E-state index contributed by atoms with van der Waals surface area (Å²) in [6.45, 7) is 0. The fourth-order valence-corrected chi connectivity index (χ4v) is 4.48. The number of amides is 1. The maximum atomic E-state index is 13.0. The molecule has 2 heterocycles. The van der Waals surface area contributed by atoms with E-state index in [1.165, 1.54) is 35.9 Å². The zero-order valence-electron chi connectivity index (χ0n) is 16.9. The van der Waals surface area contributed by atoms with Crippen molar-refractivity contribution in [2.75, 3.05) is 12.0 Å². The smallest absolute Gasteiger partial charge is 0.287 e. The Labute approximate surface area is 202 Å². The summed E-state index contributed by atoms with van der Waals surface area (Å²) >= 11 is 12.8. The molecule has 0 unspecified atom stereocenters. The number of aromatic nitrogens is 1. The molecule has 0 aliphatic carbocycles. The summed E-state index contributed by atoms with van der Waals surface area (Å²) in [7, 11) is 1.52. The largest absolute Gasteiger partial charge is 0.495 e. The van der Waals surface area contributed by atoms with Gasteiger partial charge in [-0.3, -0.25) is 19.8 Å². The maximum absolute atomic E-state index is 13.0. The van der Waals surface area contributed by atoms with Gasteiger partial charge in [-0.15, -0.1) is 0 Å². The lowest BCUT2D eigenvalue weighted by atomic mass is 10.2. The van der Waals surface area contributed by atoms with Crippen molar-refractivity contribution in [2.24, 2.45) is 0 Å². The van der Waals surface area contributed by atoms with Gasteiger partial charge in [0.15, 0.2) is 4.32 Å². The summed E-state index contributed by atoms with van der Waals surface area (Å²) in [6.07, 6.45) is 2.86. The Kier molecular flexibility index (Phi) is 6.59. The van der Waals surface area contributed by atoms with Crippen LogP contribution in [0.15, 0.2) is 65.7 Å². The second-order valence-electron chi connectivity index (χ2n) is 6.62. The van der Waals surface area contributed by atoms with E-state index in [9.17, 15) is 14.9 Å². The lowest BCUT2D eigenvalue weighted by Crippen LogP contribution is -2.27. The van der Waals surface area contributed by atoms with Gasteiger partial charge in [0.25, 0.3) is 11.6 Å². The van der Waals surface area contributed by atoms with Crippen LogP contribution in [0.1, 0.15) is 5.56 Å². The van der Waals surface area contributed by atoms with Crippen LogP contribution in [0.5, 0.6) is 17.4 Å². The van der Waals surface area contributed by atoms with E-state index in [1.54, 1.807) is 48.5 Å². The van der Waals surface area contributed by atoms with Gasteiger partial charge in [0.1, 0.15) is 17.7 Å². The fourth-order valence-electron chi connectivity index (χ4n) is 2.93. The van der Waals surface area contributed by atoms with Gasteiger partial charge in [-0.25, -0.2) is 4.98 Å². The van der Waals surface area contributed by atoms with Crippen LogP contribution in [0.4, 0.5) is 11.4 Å². The number of hydrogen-bond acceptors (Lipinski definition) is 8. The van der Waals surface area contributed by atoms with Crippen LogP contribution < -0.4 is 14.4 Å². The predicted octanol–water partition coefficient (Wildman–Crippen LogP) is 5.85. The van der Waals surface area contributed by atoms with E-state index in [0.29, 0.717) is 31.4 Å². The van der Waals surface area contributed by atoms with Crippen LogP contribution in [0.3, 0.4) is 0 Å². The van der Waals surface area contributed by atoms with Crippen LogP contribution in [0.25, 0.3) is 6.08 Å². The molecule has 0 radical (unpaired) electrons. The highest BCUT2D eigenvalue weighted by Gasteiger charge is 2.33. The van der Waals surface area contributed by atoms with Gasteiger partial charge in [-0.2, -0.15) is 0 Å². The molecule has 1 aliphatic rings. The molecule has 166 valence electrons. The normalized spacial score (nSPS) is 14.6. The fraction of sp³-hybridized carbons (Fsp3) is 0.0455. The molecule has 0 N–H and O–H groups in total. The van der Waals surface area contributed by atoms with Crippen LogP contribution in [0, 0.1) is 10.1 Å². The number of thioether (sulfide) groups is 1. The summed E-state index contributed by atoms with van der Waals surface area (Å²) in [6, 6.07) is 14.7. The van der Waals surface area contributed by atoms with E-state index >= 15 is 0 Å². The molecule has 4 rings (SSSR count). The molecule has 1 amide bonds. The summed E-state index contributed by atoms with van der Waals surface area (Å²) in [4.78, 5) is 28.9. The lowest BCUT2D eigenvalue weighted by Gasteiger charge is -2.15. The summed E-state index contributed by atoms with van der Waals surface area (Å²) in [5, 5.41) is 11.1.